The summed E-state index contributed by atoms with van der Waals surface area (Å²) in [4.78, 5) is 23.5. The van der Waals surface area contributed by atoms with Crippen molar-refractivity contribution in [2.75, 3.05) is 6.61 Å². The molecule has 6 heteroatoms. The molecule has 0 aliphatic heterocycles. The van der Waals surface area contributed by atoms with E-state index in [2.05, 4.69) is 13.8 Å². The number of ether oxygens (including phenoxy) is 1. The molecule has 0 heterocycles. The first-order valence-electron chi connectivity index (χ1n) is 14.2. The minimum absolute atomic E-state index is 0.0179. The molecule has 0 aromatic carbocycles. The molecule has 3 N–H and O–H groups in total. The molecule has 6 nitrogen and oxygen atoms in total. The Labute approximate surface area is 208 Å². The van der Waals surface area contributed by atoms with Crippen LogP contribution >= 0.6 is 0 Å². The number of carbonyl (C=O) groups is 2. The molecule has 0 aliphatic carbocycles. The fourth-order valence-electron chi connectivity index (χ4n) is 4.49. The van der Waals surface area contributed by atoms with Crippen molar-refractivity contribution in [2.24, 2.45) is 0 Å². The molecule has 0 amide bonds. The van der Waals surface area contributed by atoms with Crippen molar-refractivity contribution in [3.05, 3.63) is 0 Å². The Hall–Kier alpha value is -1.14. The Kier molecular flexibility index (Phi) is 21.6. The number of carboxylic acids is 2. The average molecular weight is 487 g/mol. The first-order valence-corrected chi connectivity index (χ1v) is 14.2. The monoisotopic (exact) mass is 486 g/mol. The number of aliphatic hydroxyl groups excluding tert-OH is 1. The van der Waals surface area contributed by atoms with Crippen molar-refractivity contribution in [2.45, 2.75) is 160 Å². The molecule has 34 heavy (non-hydrogen) atoms. The fourth-order valence-corrected chi connectivity index (χ4v) is 4.49. The lowest BCUT2D eigenvalue weighted by Crippen LogP contribution is -2.55. The third-order valence-electron chi connectivity index (χ3n) is 6.80. The van der Waals surface area contributed by atoms with Crippen molar-refractivity contribution in [3.8, 4) is 0 Å². The van der Waals surface area contributed by atoms with E-state index in [-0.39, 0.29) is 13.0 Å². The van der Waals surface area contributed by atoms with Gasteiger partial charge in [0.1, 0.15) is 0 Å². The van der Waals surface area contributed by atoms with Crippen LogP contribution in [0.15, 0.2) is 0 Å². The Morgan fingerprint density at radius 1 is 0.618 bits per heavy atom. The largest absolute Gasteiger partial charge is 0.479 e. The third-order valence-corrected chi connectivity index (χ3v) is 6.80. The summed E-state index contributed by atoms with van der Waals surface area (Å²) in [7, 11) is 0. The molecule has 2 atom stereocenters. The van der Waals surface area contributed by atoms with Crippen molar-refractivity contribution in [3.63, 3.8) is 0 Å². The lowest BCUT2D eigenvalue weighted by atomic mass is 9.89. The number of aliphatic carboxylic acids is 2. The van der Waals surface area contributed by atoms with Crippen LogP contribution in [0.1, 0.15) is 149 Å². The number of rotatable bonds is 26. The van der Waals surface area contributed by atoms with Gasteiger partial charge in [-0.05, 0) is 19.3 Å². The van der Waals surface area contributed by atoms with E-state index in [0.717, 1.165) is 38.5 Å². The van der Waals surface area contributed by atoms with E-state index in [0.29, 0.717) is 12.8 Å². The van der Waals surface area contributed by atoms with Crippen LogP contribution in [0.2, 0.25) is 0 Å². The van der Waals surface area contributed by atoms with Gasteiger partial charge in [0.15, 0.2) is 6.10 Å². The summed E-state index contributed by atoms with van der Waals surface area (Å²) >= 11 is 0. The molecule has 0 aromatic heterocycles. The molecule has 0 aromatic rings. The van der Waals surface area contributed by atoms with Gasteiger partial charge < -0.3 is 20.1 Å². The maximum absolute atomic E-state index is 12.0. The molecule has 0 radical (unpaired) electrons. The van der Waals surface area contributed by atoms with E-state index >= 15 is 0 Å². The summed E-state index contributed by atoms with van der Waals surface area (Å²) in [6, 6.07) is 0. The first-order chi connectivity index (χ1) is 16.4. The van der Waals surface area contributed by atoms with Gasteiger partial charge in [0.25, 0.3) is 0 Å². The van der Waals surface area contributed by atoms with Gasteiger partial charge in [-0.3, -0.25) is 0 Å². The van der Waals surface area contributed by atoms with Crippen molar-refractivity contribution < 1.29 is 29.6 Å². The Morgan fingerprint density at radius 2 is 0.971 bits per heavy atom. The van der Waals surface area contributed by atoms with Crippen molar-refractivity contribution in [1.29, 1.82) is 0 Å². The highest BCUT2D eigenvalue weighted by Gasteiger charge is 2.50. The van der Waals surface area contributed by atoms with E-state index in [1.165, 1.54) is 77.0 Å². The summed E-state index contributed by atoms with van der Waals surface area (Å²) in [6.45, 7) is 4.58. The summed E-state index contributed by atoms with van der Waals surface area (Å²) in [6.07, 6.45) is 20.4. The van der Waals surface area contributed by atoms with Crippen LogP contribution in [0, 0.1) is 0 Å². The van der Waals surface area contributed by atoms with Crippen molar-refractivity contribution in [1.82, 2.24) is 0 Å². The van der Waals surface area contributed by atoms with Gasteiger partial charge in [-0.1, -0.05) is 129 Å². The maximum atomic E-state index is 12.0. The molecular formula is C28H54O6. The van der Waals surface area contributed by atoms with Crippen LogP contribution in [0.3, 0.4) is 0 Å². The SMILES string of the molecule is CCCCCCCCCCCCOC(CCCCCCCCCCCC)(C(=O)O)C(O)C(=O)O. The van der Waals surface area contributed by atoms with Crippen molar-refractivity contribution >= 4 is 11.9 Å². The van der Waals surface area contributed by atoms with Gasteiger partial charge in [-0.2, -0.15) is 0 Å². The van der Waals surface area contributed by atoms with Crippen LogP contribution < -0.4 is 0 Å². The molecule has 0 bridgehead atoms. The molecule has 0 spiro atoms. The quantitative estimate of drug-likeness (QED) is 0.109. The predicted octanol–water partition coefficient (Wildman–Crippen LogP) is 7.50. The van der Waals surface area contributed by atoms with E-state index in [1.54, 1.807) is 0 Å². The molecule has 0 fully saturated rings. The number of carboxylic acid groups (broad SMARTS) is 2. The molecule has 0 saturated carbocycles. The minimum atomic E-state index is -2.06. The zero-order valence-electron chi connectivity index (χ0n) is 22.2. The molecule has 0 saturated heterocycles. The average Bonchev–Trinajstić information content (AvgIpc) is 2.81. The summed E-state index contributed by atoms with van der Waals surface area (Å²) in [5.41, 5.74) is -2.06. The second-order valence-electron chi connectivity index (χ2n) is 9.90. The highest BCUT2D eigenvalue weighted by molar-refractivity contribution is 5.87. The second kappa shape index (κ2) is 22.3. The van der Waals surface area contributed by atoms with E-state index in [9.17, 15) is 24.9 Å². The third kappa shape index (κ3) is 15.7. The van der Waals surface area contributed by atoms with Crippen LogP contribution in [0.5, 0.6) is 0 Å². The van der Waals surface area contributed by atoms with Crippen LogP contribution in [0.25, 0.3) is 0 Å². The number of unbranched alkanes of at least 4 members (excludes halogenated alkanes) is 18. The molecule has 0 aliphatic rings. The van der Waals surface area contributed by atoms with E-state index in [1.807, 2.05) is 0 Å². The fraction of sp³-hybridized carbons (Fsp3) is 0.929. The smallest absolute Gasteiger partial charge is 0.339 e. The van der Waals surface area contributed by atoms with E-state index in [4.69, 9.17) is 4.74 Å². The second-order valence-corrected chi connectivity index (χ2v) is 9.90. The summed E-state index contributed by atoms with van der Waals surface area (Å²) in [5.74, 6) is -2.93. The van der Waals surface area contributed by atoms with Gasteiger partial charge in [-0.25, -0.2) is 9.59 Å². The maximum Gasteiger partial charge on any atom is 0.339 e. The number of hydrogen-bond donors (Lipinski definition) is 3. The normalized spacial score (nSPS) is 14.1. The zero-order valence-corrected chi connectivity index (χ0v) is 22.2. The highest BCUT2D eigenvalue weighted by Crippen LogP contribution is 2.27. The van der Waals surface area contributed by atoms with Gasteiger partial charge >= 0.3 is 11.9 Å². The number of aliphatic hydroxyl groups is 1. The number of hydrogen-bond acceptors (Lipinski definition) is 4. The van der Waals surface area contributed by atoms with E-state index < -0.39 is 23.6 Å². The Morgan fingerprint density at radius 3 is 1.32 bits per heavy atom. The predicted molar refractivity (Wildman–Crippen MR) is 138 cm³/mol. The van der Waals surface area contributed by atoms with Crippen LogP contribution in [-0.4, -0.2) is 45.6 Å². The molecule has 2 unspecified atom stereocenters. The summed E-state index contributed by atoms with van der Waals surface area (Å²) < 4.78 is 5.64. The lowest BCUT2D eigenvalue weighted by molar-refractivity contribution is -0.195. The highest BCUT2D eigenvalue weighted by atomic mass is 16.5. The first kappa shape index (κ1) is 32.9. The summed E-state index contributed by atoms with van der Waals surface area (Å²) in [5, 5.41) is 29.3. The van der Waals surface area contributed by atoms with Crippen LogP contribution in [0.4, 0.5) is 0 Å². The molecule has 0 rings (SSSR count). The zero-order chi connectivity index (χ0) is 25.5. The molecular weight excluding hydrogens is 432 g/mol. The Bertz CT molecular complexity index is 495. The Balaban J connectivity index is 4.28. The molecule has 202 valence electrons. The lowest BCUT2D eigenvalue weighted by Gasteiger charge is -2.32. The van der Waals surface area contributed by atoms with Gasteiger partial charge in [0.2, 0.25) is 5.60 Å². The minimum Gasteiger partial charge on any atom is -0.479 e. The topological polar surface area (TPSA) is 104 Å². The van der Waals surface area contributed by atoms with Gasteiger partial charge in [-0.15, -0.1) is 0 Å². The van der Waals surface area contributed by atoms with Crippen LogP contribution in [-0.2, 0) is 14.3 Å². The standard InChI is InChI=1S/C28H54O6/c1-3-5-7-9-11-13-15-17-19-21-23-28(27(32)33,25(29)26(30)31)34-24-22-20-18-16-14-12-10-8-6-4-2/h25,29H,3-24H2,1-2H3,(H,30,31)(H,32,33). The van der Waals surface area contributed by atoms with Gasteiger partial charge in [0, 0.05) is 6.61 Å². The van der Waals surface area contributed by atoms with Gasteiger partial charge in [0.05, 0.1) is 0 Å².